The predicted molar refractivity (Wildman–Crippen MR) is 91.9 cm³/mol. The van der Waals surface area contributed by atoms with Crippen LogP contribution in [0.4, 0.5) is 11.4 Å². The number of nitrogens with zero attached hydrogens (tertiary/aromatic N) is 2. The summed E-state index contributed by atoms with van der Waals surface area (Å²) in [7, 11) is 1.53. The lowest BCUT2D eigenvalue weighted by Crippen LogP contribution is -2.21. The van der Waals surface area contributed by atoms with Crippen molar-refractivity contribution in [3.63, 3.8) is 0 Å². The minimum atomic E-state index is 0.128. The van der Waals surface area contributed by atoms with Gasteiger partial charge in [-0.3, -0.25) is 4.99 Å². The number of methoxy groups -OCH3 is 1. The SMILES string of the molecule is CCN(CC)c1ccc(N=Cc2ccc(O)c(OC)c2)cc1. The number of phenolic OH excluding ortho intramolecular Hbond substituents is 1. The van der Waals surface area contributed by atoms with Crippen molar-refractivity contribution < 1.29 is 9.84 Å². The van der Waals surface area contributed by atoms with Crippen LogP contribution in [0.3, 0.4) is 0 Å². The Labute approximate surface area is 131 Å². The Kier molecular flexibility index (Phi) is 5.42. The molecule has 0 heterocycles. The summed E-state index contributed by atoms with van der Waals surface area (Å²) in [6.45, 7) is 6.28. The molecule has 2 aromatic carbocycles. The highest BCUT2D eigenvalue weighted by atomic mass is 16.5. The lowest BCUT2D eigenvalue weighted by Gasteiger charge is -2.20. The minimum absolute atomic E-state index is 0.128. The topological polar surface area (TPSA) is 45.1 Å². The van der Waals surface area contributed by atoms with Crippen molar-refractivity contribution in [1.29, 1.82) is 0 Å². The smallest absolute Gasteiger partial charge is 0.161 e. The second-order valence-electron chi connectivity index (χ2n) is 4.88. The predicted octanol–water partition coefficient (Wildman–Crippen LogP) is 4.00. The van der Waals surface area contributed by atoms with Gasteiger partial charge in [0.25, 0.3) is 0 Å². The van der Waals surface area contributed by atoms with Crippen LogP contribution in [0, 0.1) is 0 Å². The van der Waals surface area contributed by atoms with E-state index in [4.69, 9.17) is 4.74 Å². The molecule has 0 aliphatic carbocycles. The van der Waals surface area contributed by atoms with Gasteiger partial charge >= 0.3 is 0 Å². The van der Waals surface area contributed by atoms with Gasteiger partial charge in [0.05, 0.1) is 12.8 Å². The first-order valence-corrected chi connectivity index (χ1v) is 7.44. The van der Waals surface area contributed by atoms with Crippen LogP contribution in [0.2, 0.25) is 0 Å². The largest absolute Gasteiger partial charge is 0.504 e. The molecule has 0 radical (unpaired) electrons. The molecule has 0 atom stereocenters. The van der Waals surface area contributed by atoms with Crippen molar-refractivity contribution >= 4 is 17.6 Å². The number of aliphatic imine (C=N–C) groups is 1. The number of hydrogen-bond acceptors (Lipinski definition) is 4. The lowest BCUT2D eigenvalue weighted by molar-refractivity contribution is 0.373. The Morgan fingerprint density at radius 3 is 2.36 bits per heavy atom. The zero-order valence-corrected chi connectivity index (χ0v) is 13.3. The van der Waals surface area contributed by atoms with Gasteiger partial charge in [-0.05, 0) is 61.9 Å². The molecule has 2 aromatic rings. The van der Waals surface area contributed by atoms with Crippen molar-refractivity contribution in [2.24, 2.45) is 4.99 Å². The molecule has 0 fully saturated rings. The van der Waals surface area contributed by atoms with E-state index in [9.17, 15) is 5.11 Å². The van der Waals surface area contributed by atoms with Gasteiger partial charge in [0.1, 0.15) is 0 Å². The van der Waals surface area contributed by atoms with Gasteiger partial charge in [-0.2, -0.15) is 0 Å². The van der Waals surface area contributed by atoms with E-state index < -0.39 is 0 Å². The summed E-state index contributed by atoms with van der Waals surface area (Å²) in [4.78, 5) is 6.74. The third kappa shape index (κ3) is 3.79. The van der Waals surface area contributed by atoms with Crippen molar-refractivity contribution in [1.82, 2.24) is 0 Å². The Balaban J connectivity index is 2.13. The summed E-state index contributed by atoms with van der Waals surface area (Å²) >= 11 is 0. The average Bonchev–Trinajstić information content (AvgIpc) is 2.56. The molecule has 0 unspecified atom stereocenters. The summed E-state index contributed by atoms with van der Waals surface area (Å²) in [6.07, 6.45) is 1.76. The molecule has 0 saturated carbocycles. The molecule has 0 aromatic heterocycles. The van der Waals surface area contributed by atoms with Crippen LogP contribution in [-0.2, 0) is 0 Å². The van der Waals surface area contributed by atoms with Crippen molar-refractivity contribution in [3.8, 4) is 11.5 Å². The van der Waals surface area contributed by atoms with Gasteiger partial charge < -0.3 is 14.7 Å². The molecule has 1 N–H and O–H groups in total. The molecule has 0 aliphatic heterocycles. The second-order valence-corrected chi connectivity index (χ2v) is 4.88. The molecule has 4 nitrogen and oxygen atoms in total. The van der Waals surface area contributed by atoms with Gasteiger partial charge in [0, 0.05) is 25.0 Å². The summed E-state index contributed by atoms with van der Waals surface area (Å²) in [5, 5.41) is 9.58. The van der Waals surface area contributed by atoms with Crippen LogP contribution in [0.1, 0.15) is 19.4 Å². The molecule has 22 heavy (non-hydrogen) atoms. The summed E-state index contributed by atoms with van der Waals surface area (Å²) in [6, 6.07) is 13.3. The maximum Gasteiger partial charge on any atom is 0.161 e. The van der Waals surface area contributed by atoms with Crippen LogP contribution in [0.25, 0.3) is 0 Å². The van der Waals surface area contributed by atoms with Crippen molar-refractivity contribution in [2.45, 2.75) is 13.8 Å². The van der Waals surface area contributed by atoms with Gasteiger partial charge in [0.2, 0.25) is 0 Å². The standard InChI is InChI=1S/C18H22N2O2/c1-4-20(5-2)16-9-7-15(8-10-16)19-13-14-6-11-17(21)18(12-14)22-3/h6-13,21H,4-5H2,1-3H3. The van der Waals surface area contributed by atoms with E-state index in [1.165, 1.54) is 12.8 Å². The number of aromatic hydroxyl groups is 1. The first-order valence-electron chi connectivity index (χ1n) is 7.44. The number of benzene rings is 2. The fourth-order valence-electron chi connectivity index (χ4n) is 2.26. The average molecular weight is 298 g/mol. The zero-order chi connectivity index (χ0) is 15.9. The molecule has 4 heteroatoms. The highest BCUT2D eigenvalue weighted by Crippen LogP contribution is 2.26. The number of hydrogen-bond donors (Lipinski definition) is 1. The fraction of sp³-hybridized carbons (Fsp3) is 0.278. The van der Waals surface area contributed by atoms with Crippen LogP contribution in [0.5, 0.6) is 11.5 Å². The van der Waals surface area contributed by atoms with E-state index in [0.717, 1.165) is 24.3 Å². The molecule has 0 bridgehead atoms. The number of phenols is 1. The summed E-state index contributed by atoms with van der Waals surface area (Å²) < 4.78 is 5.09. The fourth-order valence-corrected chi connectivity index (χ4v) is 2.26. The third-order valence-electron chi connectivity index (χ3n) is 3.54. The van der Waals surface area contributed by atoms with Gasteiger partial charge in [-0.25, -0.2) is 0 Å². The number of anilines is 1. The Morgan fingerprint density at radius 1 is 1.09 bits per heavy atom. The van der Waals surface area contributed by atoms with E-state index in [1.54, 1.807) is 24.4 Å². The Hall–Kier alpha value is -2.49. The third-order valence-corrected chi connectivity index (χ3v) is 3.54. The first-order chi connectivity index (χ1) is 10.7. The molecule has 0 amide bonds. The molecular weight excluding hydrogens is 276 g/mol. The Bertz CT molecular complexity index is 632. The lowest BCUT2D eigenvalue weighted by atomic mass is 10.2. The number of ether oxygens (including phenoxy) is 1. The highest BCUT2D eigenvalue weighted by molar-refractivity contribution is 5.83. The first kappa shape index (κ1) is 15.9. The Morgan fingerprint density at radius 2 is 1.77 bits per heavy atom. The van der Waals surface area contributed by atoms with Gasteiger partial charge in [-0.1, -0.05) is 0 Å². The van der Waals surface area contributed by atoms with Crippen molar-refractivity contribution in [2.75, 3.05) is 25.1 Å². The maximum absolute atomic E-state index is 9.58. The van der Waals surface area contributed by atoms with Gasteiger partial charge in [-0.15, -0.1) is 0 Å². The van der Waals surface area contributed by atoms with E-state index in [-0.39, 0.29) is 5.75 Å². The van der Waals surface area contributed by atoms with Crippen LogP contribution >= 0.6 is 0 Å². The quantitative estimate of drug-likeness (QED) is 0.820. The molecular formula is C18H22N2O2. The molecule has 2 rings (SSSR count). The highest BCUT2D eigenvalue weighted by Gasteiger charge is 2.02. The minimum Gasteiger partial charge on any atom is -0.504 e. The van der Waals surface area contributed by atoms with Crippen LogP contribution in [0.15, 0.2) is 47.5 Å². The molecule has 116 valence electrons. The van der Waals surface area contributed by atoms with Crippen LogP contribution < -0.4 is 9.64 Å². The van der Waals surface area contributed by atoms with Crippen LogP contribution in [-0.4, -0.2) is 31.5 Å². The van der Waals surface area contributed by atoms with Crippen molar-refractivity contribution in [3.05, 3.63) is 48.0 Å². The van der Waals surface area contributed by atoms with E-state index in [2.05, 4.69) is 35.9 Å². The number of rotatable bonds is 6. The van der Waals surface area contributed by atoms with Gasteiger partial charge in [0.15, 0.2) is 11.5 Å². The van der Waals surface area contributed by atoms with E-state index >= 15 is 0 Å². The maximum atomic E-state index is 9.58. The van der Waals surface area contributed by atoms with E-state index in [1.807, 2.05) is 12.1 Å². The zero-order valence-electron chi connectivity index (χ0n) is 13.3. The molecule has 0 saturated heterocycles. The summed E-state index contributed by atoms with van der Waals surface area (Å²) in [5.41, 5.74) is 2.97. The van der Waals surface area contributed by atoms with E-state index in [0.29, 0.717) is 5.75 Å². The molecule has 0 spiro atoms. The second kappa shape index (κ2) is 7.50. The molecule has 0 aliphatic rings. The monoisotopic (exact) mass is 298 g/mol. The normalized spacial score (nSPS) is 10.9. The summed E-state index contributed by atoms with van der Waals surface area (Å²) in [5.74, 6) is 0.573.